The number of fused-ring (bicyclic) bond motifs is 3. The average molecular weight is 279 g/mol. The number of aryl methyl sites for hydroxylation is 1. The molecule has 0 saturated heterocycles. The number of halogens is 1. The van der Waals surface area contributed by atoms with Crippen LogP contribution in [-0.4, -0.2) is 19.6 Å². The van der Waals surface area contributed by atoms with Gasteiger partial charge in [-0.25, -0.2) is 4.98 Å². The Bertz CT molecular complexity index is 758. The molecule has 0 aliphatic rings. The zero-order valence-corrected chi connectivity index (χ0v) is 9.95. The fraction of sp³-hybridized carbons (Fsp3) is 0.100. The molecule has 0 atom stereocenters. The van der Waals surface area contributed by atoms with Gasteiger partial charge in [0.05, 0.1) is 11.6 Å². The average Bonchev–Trinajstić information content (AvgIpc) is 2.64. The summed E-state index contributed by atoms with van der Waals surface area (Å²) in [5.74, 6) is 0. The Morgan fingerprint density at radius 1 is 1.50 bits per heavy atom. The van der Waals surface area contributed by atoms with Crippen LogP contribution >= 0.6 is 15.9 Å². The van der Waals surface area contributed by atoms with E-state index in [1.54, 1.807) is 16.8 Å². The van der Waals surface area contributed by atoms with Crippen LogP contribution in [0.5, 0.6) is 0 Å². The van der Waals surface area contributed by atoms with E-state index in [9.17, 15) is 4.79 Å². The number of H-pyrrole nitrogens is 1. The fourth-order valence-electron chi connectivity index (χ4n) is 1.73. The molecule has 0 saturated carbocycles. The maximum Gasteiger partial charge on any atom is 0.261 e. The van der Waals surface area contributed by atoms with Crippen LogP contribution in [0.1, 0.15) is 5.69 Å². The lowest BCUT2D eigenvalue weighted by Gasteiger charge is -2.03. The number of rotatable bonds is 0. The van der Waals surface area contributed by atoms with Gasteiger partial charge in [0.1, 0.15) is 5.65 Å². The Balaban J connectivity index is 2.72. The molecule has 80 valence electrons. The molecule has 16 heavy (non-hydrogen) atoms. The molecule has 0 fully saturated rings. The second kappa shape index (κ2) is 3.15. The molecule has 0 spiro atoms. The van der Waals surface area contributed by atoms with E-state index in [0.717, 1.165) is 10.2 Å². The largest absolute Gasteiger partial charge is 0.306 e. The van der Waals surface area contributed by atoms with Gasteiger partial charge in [0.2, 0.25) is 0 Å². The smallest absolute Gasteiger partial charge is 0.261 e. The maximum atomic E-state index is 11.9. The van der Waals surface area contributed by atoms with Gasteiger partial charge < -0.3 is 4.98 Å². The van der Waals surface area contributed by atoms with Crippen molar-refractivity contribution in [3.63, 3.8) is 0 Å². The highest BCUT2D eigenvalue weighted by Crippen LogP contribution is 2.20. The molecule has 3 heterocycles. The number of nitrogens with one attached hydrogen (secondary N) is 1. The Morgan fingerprint density at radius 2 is 2.31 bits per heavy atom. The monoisotopic (exact) mass is 278 g/mol. The van der Waals surface area contributed by atoms with Crippen LogP contribution in [-0.2, 0) is 0 Å². The standard InChI is InChI=1S/C10H7BrN4O/c1-5-4-6(11)8-9(13-5)15-7(2-3-12-15)14-10(8)16/h2-4H,1H3,(H,14,16). The van der Waals surface area contributed by atoms with Crippen LogP contribution in [0.4, 0.5) is 0 Å². The first-order valence-electron chi connectivity index (χ1n) is 4.70. The molecular formula is C10H7BrN4O. The summed E-state index contributed by atoms with van der Waals surface area (Å²) in [4.78, 5) is 19.0. The molecule has 0 unspecified atom stereocenters. The molecular weight excluding hydrogens is 272 g/mol. The molecule has 3 aromatic heterocycles. The van der Waals surface area contributed by atoms with Crippen molar-refractivity contribution in [3.8, 4) is 0 Å². The van der Waals surface area contributed by atoms with Gasteiger partial charge in [-0.3, -0.25) is 4.79 Å². The van der Waals surface area contributed by atoms with Crippen molar-refractivity contribution < 1.29 is 0 Å². The predicted octanol–water partition coefficient (Wildman–Crippen LogP) is 1.64. The number of nitrogens with zero attached hydrogens (tertiary/aromatic N) is 3. The summed E-state index contributed by atoms with van der Waals surface area (Å²) in [5.41, 5.74) is 1.88. The van der Waals surface area contributed by atoms with Gasteiger partial charge in [0.25, 0.3) is 5.56 Å². The van der Waals surface area contributed by atoms with Crippen molar-refractivity contribution in [2.24, 2.45) is 0 Å². The van der Waals surface area contributed by atoms with Crippen LogP contribution in [0, 0.1) is 6.92 Å². The summed E-state index contributed by atoms with van der Waals surface area (Å²) < 4.78 is 2.35. The van der Waals surface area contributed by atoms with Gasteiger partial charge in [-0.05, 0) is 28.9 Å². The molecule has 0 aliphatic heterocycles. The van der Waals surface area contributed by atoms with E-state index in [-0.39, 0.29) is 5.56 Å². The first-order valence-corrected chi connectivity index (χ1v) is 5.49. The van der Waals surface area contributed by atoms with Crippen LogP contribution in [0.25, 0.3) is 16.7 Å². The van der Waals surface area contributed by atoms with E-state index in [2.05, 4.69) is 31.0 Å². The Morgan fingerprint density at radius 3 is 3.12 bits per heavy atom. The molecule has 6 heteroatoms. The van der Waals surface area contributed by atoms with Crippen LogP contribution in [0.3, 0.4) is 0 Å². The first kappa shape index (κ1) is 9.53. The van der Waals surface area contributed by atoms with Crippen molar-refractivity contribution in [3.05, 3.63) is 38.9 Å². The molecule has 1 N–H and O–H groups in total. The number of pyridine rings is 1. The van der Waals surface area contributed by atoms with Crippen LogP contribution in [0.2, 0.25) is 0 Å². The number of hydrogen-bond donors (Lipinski definition) is 1. The van der Waals surface area contributed by atoms with Crippen molar-refractivity contribution in [1.82, 2.24) is 19.6 Å². The summed E-state index contributed by atoms with van der Waals surface area (Å²) in [7, 11) is 0. The third kappa shape index (κ3) is 1.19. The number of aromatic amines is 1. The third-order valence-electron chi connectivity index (χ3n) is 2.39. The summed E-state index contributed by atoms with van der Waals surface area (Å²) >= 11 is 3.37. The van der Waals surface area contributed by atoms with Gasteiger partial charge in [-0.1, -0.05) is 0 Å². The van der Waals surface area contributed by atoms with Gasteiger partial charge in [0, 0.05) is 16.2 Å². The lowest BCUT2D eigenvalue weighted by Crippen LogP contribution is -2.12. The van der Waals surface area contributed by atoms with Crippen LogP contribution in [0.15, 0.2) is 27.6 Å². The Kier molecular flexibility index (Phi) is 1.88. The maximum absolute atomic E-state index is 11.9. The summed E-state index contributed by atoms with van der Waals surface area (Å²) in [6.07, 6.45) is 1.63. The summed E-state index contributed by atoms with van der Waals surface area (Å²) in [6.45, 7) is 1.88. The van der Waals surface area contributed by atoms with E-state index >= 15 is 0 Å². The van der Waals surface area contributed by atoms with Gasteiger partial charge in [-0.15, -0.1) is 0 Å². The van der Waals surface area contributed by atoms with Crippen molar-refractivity contribution in [2.75, 3.05) is 0 Å². The second-order valence-corrected chi connectivity index (χ2v) is 4.38. The molecule has 0 radical (unpaired) electrons. The molecule has 0 aliphatic carbocycles. The zero-order valence-electron chi connectivity index (χ0n) is 8.36. The zero-order chi connectivity index (χ0) is 11.3. The molecule has 0 bridgehead atoms. The minimum Gasteiger partial charge on any atom is -0.306 e. The number of aromatic nitrogens is 4. The van der Waals surface area contributed by atoms with E-state index in [0.29, 0.717) is 16.7 Å². The van der Waals surface area contributed by atoms with E-state index in [1.165, 1.54) is 0 Å². The highest BCUT2D eigenvalue weighted by Gasteiger charge is 2.10. The lowest BCUT2D eigenvalue weighted by atomic mass is 10.3. The highest BCUT2D eigenvalue weighted by atomic mass is 79.9. The molecule has 5 nitrogen and oxygen atoms in total. The van der Waals surface area contributed by atoms with E-state index in [4.69, 9.17) is 0 Å². The molecule has 3 rings (SSSR count). The summed E-state index contributed by atoms with van der Waals surface area (Å²) in [6, 6.07) is 3.55. The topological polar surface area (TPSA) is 63.0 Å². The van der Waals surface area contributed by atoms with Crippen molar-refractivity contribution in [1.29, 1.82) is 0 Å². The molecule has 3 aromatic rings. The van der Waals surface area contributed by atoms with Gasteiger partial charge >= 0.3 is 0 Å². The molecule has 0 amide bonds. The quantitative estimate of drug-likeness (QED) is 0.680. The minimum absolute atomic E-state index is 0.164. The Hall–Kier alpha value is -1.69. The lowest BCUT2D eigenvalue weighted by molar-refractivity contribution is 0.950. The highest BCUT2D eigenvalue weighted by molar-refractivity contribution is 9.10. The molecule has 0 aromatic carbocycles. The predicted molar refractivity (Wildman–Crippen MR) is 63.6 cm³/mol. The second-order valence-electron chi connectivity index (χ2n) is 3.53. The summed E-state index contributed by atoms with van der Waals surface area (Å²) in [5, 5.41) is 4.65. The van der Waals surface area contributed by atoms with Crippen molar-refractivity contribution in [2.45, 2.75) is 6.92 Å². The van der Waals surface area contributed by atoms with Gasteiger partial charge in [0.15, 0.2) is 5.65 Å². The van der Waals surface area contributed by atoms with E-state index in [1.807, 2.05) is 13.0 Å². The van der Waals surface area contributed by atoms with E-state index < -0.39 is 0 Å². The third-order valence-corrected chi connectivity index (χ3v) is 3.02. The van der Waals surface area contributed by atoms with Gasteiger partial charge in [-0.2, -0.15) is 9.61 Å². The normalized spacial score (nSPS) is 11.4. The number of hydrogen-bond acceptors (Lipinski definition) is 3. The Labute approximate surface area is 98.3 Å². The first-order chi connectivity index (χ1) is 7.66. The minimum atomic E-state index is -0.164. The fourth-order valence-corrected chi connectivity index (χ4v) is 2.42. The van der Waals surface area contributed by atoms with Crippen LogP contribution < -0.4 is 5.56 Å². The van der Waals surface area contributed by atoms with Crippen molar-refractivity contribution >= 4 is 32.6 Å². The SMILES string of the molecule is Cc1cc(Br)c2c(=O)[nH]c3ccnn3c2n1.